The molecule has 17 heavy (non-hydrogen) atoms. The first-order valence-electron chi connectivity index (χ1n) is 4.94. The van der Waals surface area contributed by atoms with Crippen molar-refractivity contribution in [1.29, 1.82) is 0 Å². The third-order valence-corrected chi connectivity index (χ3v) is 2.65. The summed E-state index contributed by atoms with van der Waals surface area (Å²) in [6.07, 6.45) is 1.60. The lowest BCUT2D eigenvalue weighted by molar-refractivity contribution is 0.0691. The van der Waals surface area contributed by atoms with Gasteiger partial charge in [-0.3, -0.25) is 0 Å². The quantitative estimate of drug-likeness (QED) is 0.585. The zero-order chi connectivity index (χ0) is 12.0. The van der Waals surface area contributed by atoms with E-state index in [0.717, 1.165) is 5.56 Å². The number of nitrogens with zero attached hydrogens (tertiary/aromatic N) is 1. The first kappa shape index (κ1) is 9.64. The maximum atomic E-state index is 11.2. The number of hydrogen-bond acceptors (Lipinski definition) is 3. The number of amides is 2. The molecule has 0 unspecified atom stereocenters. The van der Waals surface area contributed by atoms with E-state index in [-0.39, 0.29) is 11.7 Å². The molecule has 0 spiro atoms. The topological polar surface area (TPSA) is 107 Å². The Labute approximate surface area is 94.8 Å². The molecule has 4 N–H and O–H groups in total. The molecule has 1 aliphatic rings. The summed E-state index contributed by atoms with van der Waals surface area (Å²) in [6.45, 7) is 0.387. The van der Waals surface area contributed by atoms with Crippen molar-refractivity contribution in [2.45, 2.75) is 6.54 Å². The summed E-state index contributed by atoms with van der Waals surface area (Å²) in [6, 6.07) is 1.16. The summed E-state index contributed by atoms with van der Waals surface area (Å²) < 4.78 is 0. The van der Waals surface area contributed by atoms with E-state index in [1.807, 2.05) is 0 Å². The monoisotopic (exact) mass is 232 g/mol. The number of carboxylic acids is 1. The lowest BCUT2D eigenvalue weighted by Crippen LogP contribution is -2.33. The van der Waals surface area contributed by atoms with Crippen LogP contribution in [0, 0.1) is 0 Å². The van der Waals surface area contributed by atoms with Gasteiger partial charge in [0.05, 0.1) is 5.69 Å². The normalized spacial score (nSPS) is 14.0. The van der Waals surface area contributed by atoms with E-state index in [1.165, 1.54) is 6.07 Å². The number of aromatic nitrogens is 2. The van der Waals surface area contributed by atoms with Crippen LogP contribution in [0.4, 0.5) is 10.5 Å². The minimum Gasteiger partial charge on any atom is -0.477 e. The second kappa shape index (κ2) is 3.21. The van der Waals surface area contributed by atoms with Crippen molar-refractivity contribution in [2.24, 2.45) is 0 Å². The number of H-pyrrole nitrogens is 1. The number of aromatic carboxylic acids is 1. The van der Waals surface area contributed by atoms with Crippen molar-refractivity contribution in [3.05, 3.63) is 23.5 Å². The van der Waals surface area contributed by atoms with Crippen LogP contribution in [0.1, 0.15) is 16.1 Å². The van der Waals surface area contributed by atoms with Gasteiger partial charge in [-0.1, -0.05) is 0 Å². The van der Waals surface area contributed by atoms with E-state index in [9.17, 15) is 9.59 Å². The van der Waals surface area contributed by atoms with Crippen LogP contribution in [0.15, 0.2) is 12.3 Å². The van der Waals surface area contributed by atoms with Gasteiger partial charge in [0, 0.05) is 23.7 Å². The van der Waals surface area contributed by atoms with Gasteiger partial charge in [0.2, 0.25) is 0 Å². The lowest BCUT2D eigenvalue weighted by atomic mass is 10.1. The standard InChI is InChI=1S/C10H8N4O3/c15-9(16)6-1-5-7-4(2-11-8(5)13-6)3-12-10(17)14-7/h1-2H,3H2,(H,11,13)(H,15,16)(H2,12,14,17). The average Bonchev–Trinajstić information content (AvgIpc) is 2.73. The van der Waals surface area contributed by atoms with Crippen molar-refractivity contribution in [2.75, 3.05) is 5.32 Å². The zero-order valence-corrected chi connectivity index (χ0v) is 8.57. The number of rotatable bonds is 1. The molecule has 0 aromatic carbocycles. The summed E-state index contributed by atoms with van der Waals surface area (Å²) in [5.41, 5.74) is 1.94. The summed E-state index contributed by atoms with van der Waals surface area (Å²) in [5.74, 6) is -1.06. The smallest absolute Gasteiger partial charge is 0.352 e. The van der Waals surface area contributed by atoms with Gasteiger partial charge in [0.25, 0.3) is 0 Å². The summed E-state index contributed by atoms with van der Waals surface area (Å²) in [7, 11) is 0. The molecule has 0 saturated carbocycles. The van der Waals surface area contributed by atoms with Crippen molar-refractivity contribution in [3.8, 4) is 0 Å². The van der Waals surface area contributed by atoms with Crippen LogP contribution in [0.5, 0.6) is 0 Å². The molecule has 0 bridgehead atoms. The zero-order valence-electron chi connectivity index (χ0n) is 8.57. The Kier molecular flexibility index (Phi) is 1.82. The number of hydrogen-bond donors (Lipinski definition) is 4. The Morgan fingerprint density at radius 2 is 2.29 bits per heavy atom. The predicted molar refractivity (Wildman–Crippen MR) is 58.9 cm³/mol. The van der Waals surface area contributed by atoms with Gasteiger partial charge in [0.15, 0.2) is 0 Å². The molecule has 2 aromatic rings. The van der Waals surface area contributed by atoms with Crippen molar-refractivity contribution >= 4 is 28.7 Å². The van der Waals surface area contributed by atoms with E-state index < -0.39 is 5.97 Å². The number of anilines is 1. The highest BCUT2D eigenvalue weighted by molar-refractivity contribution is 6.04. The SMILES string of the molecule is O=C1NCc2cnc3[nH]c(C(=O)O)cc3c2N1. The molecule has 0 atom stereocenters. The first-order valence-corrected chi connectivity index (χ1v) is 4.94. The maximum absolute atomic E-state index is 11.2. The van der Waals surface area contributed by atoms with Gasteiger partial charge in [-0.25, -0.2) is 14.6 Å². The van der Waals surface area contributed by atoms with Crippen LogP contribution in [-0.2, 0) is 6.54 Å². The number of nitrogens with one attached hydrogen (secondary N) is 3. The highest BCUT2D eigenvalue weighted by Gasteiger charge is 2.19. The van der Waals surface area contributed by atoms with E-state index >= 15 is 0 Å². The van der Waals surface area contributed by atoms with Gasteiger partial charge in [-0.05, 0) is 6.07 Å². The molecule has 0 fully saturated rings. The minimum absolute atomic E-state index is 0.0497. The maximum Gasteiger partial charge on any atom is 0.352 e. The molecule has 2 aromatic heterocycles. The third kappa shape index (κ3) is 1.40. The molecule has 86 valence electrons. The molecule has 3 rings (SSSR count). The second-order valence-electron chi connectivity index (χ2n) is 3.72. The first-order chi connectivity index (χ1) is 8.15. The van der Waals surface area contributed by atoms with Crippen LogP contribution in [0.25, 0.3) is 11.0 Å². The fraction of sp³-hybridized carbons (Fsp3) is 0.100. The molecule has 7 heteroatoms. The van der Waals surface area contributed by atoms with E-state index in [2.05, 4.69) is 20.6 Å². The van der Waals surface area contributed by atoms with Crippen LogP contribution in [-0.4, -0.2) is 27.1 Å². The molecule has 0 radical (unpaired) electrons. The third-order valence-electron chi connectivity index (χ3n) is 2.65. The van der Waals surface area contributed by atoms with Crippen LogP contribution >= 0.6 is 0 Å². The number of carboxylic acid groups (broad SMARTS) is 1. The number of pyridine rings is 1. The number of aromatic amines is 1. The largest absolute Gasteiger partial charge is 0.477 e. The van der Waals surface area contributed by atoms with E-state index in [1.54, 1.807) is 6.20 Å². The molecule has 0 aliphatic carbocycles. The van der Waals surface area contributed by atoms with Crippen LogP contribution < -0.4 is 10.6 Å². The molecule has 2 amide bonds. The molecular formula is C10H8N4O3. The number of urea groups is 1. The summed E-state index contributed by atoms with van der Waals surface area (Å²) in [5, 5.41) is 14.8. The van der Waals surface area contributed by atoms with Gasteiger partial charge in [-0.2, -0.15) is 0 Å². The average molecular weight is 232 g/mol. The van der Waals surface area contributed by atoms with Crippen LogP contribution in [0.3, 0.4) is 0 Å². The van der Waals surface area contributed by atoms with E-state index in [4.69, 9.17) is 5.11 Å². The minimum atomic E-state index is -1.06. The van der Waals surface area contributed by atoms with Crippen molar-refractivity contribution < 1.29 is 14.7 Å². The fourth-order valence-electron chi connectivity index (χ4n) is 1.85. The molecule has 3 heterocycles. The Morgan fingerprint density at radius 1 is 1.47 bits per heavy atom. The Bertz CT molecular complexity index is 646. The molecule has 7 nitrogen and oxygen atoms in total. The number of carbonyl (C=O) groups excluding carboxylic acids is 1. The Morgan fingerprint density at radius 3 is 3.06 bits per heavy atom. The van der Waals surface area contributed by atoms with Gasteiger partial charge in [0.1, 0.15) is 11.3 Å². The van der Waals surface area contributed by atoms with Gasteiger partial charge < -0.3 is 20.7 Å². The lowest BCUT2D eigenvalue weighted by Gasteiger charge is -2.18. The van der Waals surface area contributed by atoms with E-state index in [0.29, 0.717) is 23.3 Å². The number of fused-ring (bicyclic) bond motifs is 3. The highest BCUT2D eigenvalue weighted by atomic mass is 16.4. The molecule has 0 saturated heterocycles. The molecular weight excluding hydrogens is 224 g/mol. The second-order valence-corrected chi connectivity index (χ2v) is 3.72. The van der Waals surface area contributed by atoms with Crippen molar-refractivity contribution in [3.63, 3.8) is 0 Å². The summed E-state index contributed by atoms with van der Waals surface area (Å²) >= 11 is 0. The van der Waals surface area contributed by atoms with Crippen molar-refractivity contribution in [1.82, 2.24) is 15.3 Å². The van der Waals surface area contributed by atoms with Gasteiger partial charge >= 0.3 is 12.0 Å². The van der Waals surface area contributed by atoms with Gasteiger partial charge in [-0.15, -0.1) is 0 Å². The predicted octanol–water partition coefficient (Wildman–Crippen LogP) is 0.896. The summed E-state index contributed by atoms with van der Waals surface area (Å²) in [4.78, 5) is 28.9. The highest BCUT2D eigenvalue weighted by Crippen LogP contribution is 2.28. The van der Waals surface area contributed by atoms with Crippen LogP contribution in [0.2, 0.25) is 0 Å². The Hall–Kier alpha value is -2.57. The molecule has 1 aliphatic heterocycles. The fourth-order valence-corrected chi connectivity index (χ4v) is 1.85. The number of carbonyl (C=O) groups is 2. The Balaban J connectivity index is 2.26.